The average molecular weight is 496 g/mol. The molecule has 0 saturated heterocycles. The molecule has 0 fully saturated rings. The van der Waals surface area contributed by atoms with Crippen LogP contribution >= 0.6 is 0 Å². The lowest BCUT2D eigenvalue weighted by Crippen LogP contribution is -2.28. The van der Waals surface area contributed by atoms with E-state index in [1.807, 2.05) is 37.4 Å². The van der Waals surface area contributed by atoms with Gasteiger partial charge in [0.15, 0.2) is 11.5 Å². The highest BCUT2D eigenvalue weighted by molar-refractivity contribution is 7.92. The van der Waals surface area contributed by atoms with Gasteiger partial charge in [-0.15, -0.1) is 0 Å². The average Bonchev–Trinajstić information content (AvgIpc) is 3.12. The highest BCUT2D eigenvalue weighted by Gasteiger charge is 2.19. The van der Waals surface area contributed by atoms with Crippen LogP contribution in [0.3, 0.4) is 0 Å². The molecule has 0 spiro atoms. The van der Waals surface area contributed by atoms with Gasteiger partial charge in [0.25, 0.3) is 15.9 Å². The lowest BCUT2D eigenvalue weighted by atomic mass is 10.2. The van der Waals surface area contributed by atoms with Crippen molar-refractivity contribution in [3.63, 3.8) is 0 Å². The zero-order chi connectivity index (χ0) is 24.7. The number of rotatable bonds is 9. The van der Waals surface area contributed by atoms with Crippen molar-refractivity contribution in [2.75, 3.05) is 43.0 Å². The van der Waals surface area contributed by atoms with Crippen LogP contribution in [0.4, 0.5) is 11.4 Å². The van der Waals surface area contributed by atoms with Gasteiger partial charge >= 0.3 is 0 Å². The van der Waals surface area contributed by atoms with Crippen LogP contribution in [-0.2, 0) is 10.0 Å². The van der Waals surface area contributed by atoms with Gasteiger partial charge in [-0.2, -0.15) is 0 Å². The molecule has 35 heavy (non-hydrogen) atoms. The maximum atomic E-state index is 12.8. The van der Waals surface area contributed by atoms with Crippen LogP contribution in [0, 0.1) is 0 Å². The molecule has 3 aromatic rings. The van der Waals surface area contributed by atoms with Crippen LogP contribution in [0.15, 0.2) is 77.7 Å². The number of anilines is 2. The number of carbonyl (C=O) groups excluding carboxylic acids is 1. The highest BCUT2D eigenvalue weighted by atomic mass is 32.2. The SMILES string of the molecule is CN(CCCNC(=O)c1ccc(NS(=O)(=O)c2ccc3c(c2)OCCCO3)cc1)c1ccccc1. The van der Waals surface area contributed by atoms with Crippen molar-refractivity contribution in [1.29, 1.82) is 0 Å². The van der Waals surface area contributed by atoms with Crippen LogP contribution in [0.2, 0.25) is 0 Å². The minimum absolute atomic E-state index is 0.0732. The van der Waals surface area contributed by atoms with E-state index in [0.717, 1.165) is 25.1 Å². The number of amides is 1. The summed E-state index contributed by atoms with van der Waals surface area (Å²) in [7, 11) is -1.81. The number of para-hydroxylation sites is 1. The molecular formula is C26H29N3O5S. The van der Waals surface area contributed by atoms with Crippen molar-refractivity contribution in [3.8, 4) is 11.5 Å². The fraction of sp³-hybridized carbons (Fsp3) is 0.269. The topological polar surface area (TPSA) is 97.0 Å². The molecule has 1 aliphatic heterocycles. The highest BCUT2D eigenvalue weighted by Crippen LogP contribution is 2.32. The van der Waals surface area contributed by atoms with Crippen LogP contribution in [0.25, 0.3) is 0 Å². The molecule has 2 N–H and O–H groups in total. The van der Waals surface area contributed by atoms with E-state index in [1.54, 1.807) is 30.3 Å². The third-order valence-electron chi connectivity index (χ3n) is 5.58. The summed E-state index contributed by atoms with van der Waals surface area (Å²) in [6.07, 6.45) is 1.53. The number of sulfonamides is 1. The second kappa shape index (κ2) is 11.1. The number of carbonyl (C=O) groups is 1. The quantitative estimate of drug-likeness (QED) is 0.437. The summed E-state index contributed by atoms with van der Waals surface area (Å²) in [5.74, 6) is 0.737. The maximum absolute atomic E-state index is 12.8. The molecule has 0 bridgehead atoms. The maximum Gasteiger partial charge on any atom is 0.262 e. The van der Waals surface area contributed by atoms with Gasteiger partial charge in [-0.3, -0.25) is 9.52 Å². The van der Waals surface area contributed by atoms with Gasteiger partial charge in [-0.05, 0) is 55.0 Å². The Kier molecular flexibility index (Phi) is 7.77. The number of nitrogens with zero attached hydrogens (tertiary/aromatic N) is 1. The first-order valence-electron chi connectivity index (χ1n) is 11.5. The zero-order valence-electron chi connectivity index (χ0n) is 19.6. The van der Waals surface area contributed by atoms with Crippen LogP contribution in [0.1, 0.15) is 23.2 Å². The van der Waals surface area contributed by atoms with E-state index in [4.69, 9.17) is 9.47 Å². The molecular weight excluding hydrogens is 466 g/mol. The molecule has 4 rings (SSSR count). The summed E-state index contributed by atoms with van der Waals surface area (Å²) in [6.45, 7) is 2.35. The van der Waals surface area contributed by atoms with Gasteiger partial charge in [-0.25, -0.2) is 8.42 Å². The Balaban J connectivity index is 1.29. The van der Waals surface area contributed by atoms with Crippen molar-refractivity contribution >= 4 is 27.3 Å². The second-order valence-corrected chi connectivity index (χ2v) is 9.89. The van der Waals surface area contributed by atoms with Crippen molar-refractivity contribution < 1.29 is 22.7 Å². The lowest BCUT2D eigenvalue weighted by Gasteiger charge is -2.19. The van der Waals surface area contributed by atoms with Gasteiger partial charge in [0.05, 0.1) is 18.1 Å². The van der Waals surface area contributed by atoms with Crippen molar-refractivity contribution in [2.45, 2.75) is 17.7 Å². The number of nitrogens with one attached hydrogen (secondary N) is 2. The van der Waals surface area contributed by atoms with Gasteiger partial charge in [0, 0.05) is 49.6 Å². The predicted octanol–water partition coefficient (Wildman–Crippen LogP) is 3.91. The van der Waals surface area contributed by atoms with E-state index < -0.39 is 10.0 Å². The molecule has 0 saturated carbocycles. The first-order chi connectivity index (χ1) is 16.9. The minimum Gasteiger partial charge on any atom is -0.490 e. The smallest absolute Gasteiger partial charge is 0.262 e. The largest absolute Gasteiger partial charge is 0.490 e. The van der Waals surface area contributed by atoms with Crippen LogP contribution in [-0.4, -0.2) is 47.7 Å². The molecule has 0 radical (unpaired) electrons. The van der Waals surface area contributed by atoms with Gasteiger partial charge < -0.3 is 19.7 Å². The van der Waals surface area contributed by atoms with E-state index in [-0.39, 0.29) is 10.8 Å². The predicted molar refractivity (Wildman–Crippen MR) is 136 cm³/mol. The van der Waals surface area contributed by atoms with E-state index >= 15 is 0 Å². The van der Waals surface area contributed by atoms with Crippen LogP contribution < -0.4 is 24.4 Å². The molecule has 1 heterocycles. The summed E-state index contributed by atoms with van der Waals surface area (Å²) in [5, 5.41) is 2.90. The molecule has 1 aliphatic rings. The molecule has 1 amide bonds. The molecule has 3 aromatic carbocycles. The first-order valence-corrected chi connectivity index (χ1v) is 13.0. The molecule has 8 nitrogen and oxygen atoms in total. The van der Waals surface area contributed by atoms with Gasteiger partial charge in [-0.1, -0.05) is 18.2 Å². The summed E-state index contributed by atoms with van der Waals surface area (Å²) in [5.41, 5.74) is 1.95. The van der Waals surface area contributed by atoms with E-state index in [1.165, 1.54) is 12.1 Å². The number of fused-ring (bicyclic) bond motifs is 1. The number of ether oxygens (including phenoxy) is 2. The summed E-state index contributed by atoms with van der Waals surface area (Å²) in [4.78, 5) is 14.7. The molecule has 0 unspecified atom stereocenters. The van der Waals surface area contributed by atoms with Crippen molar-refractivity contribution in [3.05, 3.63) is 78.4 Å². The third-order valence-corrected chi connectivity index (χ3v) is 6.96. The fourth-order valence-electron chi connectivity index (χ4n) is 3.65. The number of hydrogen-bond donors (Lipinski definition) is 2. The summed E-state index contributed by atoms with van der Waals surface area (Å²) < 4.78 is 39.4. The van der Waals surface area contributed by atoms with E-state index in [2.05, 4.69) is 14.9 Å². The van der Waals surface area contributed by atoms with Crippen molar-refractivity contribution in [1.82, 2.24) is 5.32 Å². The normalized spacial score (nSPS) is 12.9. The zero-order valence-corrected chi connectivity index (χ0v) is 20.4. The fourth-order valence-corrected chi connectivity index (χ4v) is 4.72. The van der Waals surface area contributed by atoms with Crippen molar-refractivity contribution in [2.24, 2.45) is 0 Å². The number of benzene rings is 3. The standard InChI is InChI=1S/C26H29N3O5S/c1-29(22-7-3-2-4-8-22)16-5-15-27-26(30)20-9-11-21(12-10-20)28-35(31,32)23-13-14-24-25(19-23)34-18-6-17-33-24/h2-4,7-14,19,28H,5-6,15-18H2,1H3,(H,27,30). The summed E-state index contributed by atoms with van der Waals surface area (Å²) in [6, 6.07) is 20.9. The molecule has 0 aromatic heterocycles. The molecule has 0 atom stereocenters. The minimum atomic E-state index is -3.83. The Hall–Kier alpha value is -3.72. The van der Waals surface area contributed by atoms with Crippen LogP contribution in [0.5, 0.6) is 11.5 Å². The third kappa shape index (κ3) is 6.45. The Morgan fingerprint density at radius 2 is 1.66 bits per heavy atom. The Labute approximate surface area is 205 Å². The lowest BCUT2D eigenvalue weighted by molar-refractivity contribution is 0.0953. The first kappa shape index (κ1) is 24.4. The molecule has 184 valence electrons. The number of hydrogen-bond acceptors (Lipinski definition) is 6. The van der Waals surface area contributed by atoms with Gasteiger partial charge in [0.1, 0.15) is 0 Å². The summed E-state index contributed by atoms with van der Waals surface area (Å²) >= 11 is 0. The molecule has 9 heteroatoms. The van der Waals surface area contributed by atoms with Gasteiger partial charge in [0.2, 0.25) is 0 Å². The second-order valence-electron chi connectivity index (χ2n) is 8.21. The Bertz CT molecular complexity index is 1250. The van der Waals surface area contributed by atoms with E-state index in [0.29, 0.717) is 42.5 Å². The monoisotopic (exact) mass is 495 g/mol. The Morgan fingerprint density at radius 1 is 0.943 bits per heavy atom. The molecule has 0 aliphatic carbocycles. The van der Waals surface area contributed by atoms with E-state index in [9.17, 15) is 13.2 Å². The Morgan fingerprint density at radius 3 is 2.40 bits per heavy atom.